The van der Waals surface area contributed by atoms with Crippen LogP contribution in [0.4, 0.5) is 0 Å². The van der Waals surface area contributed by atoms with Crippen LogP contribution in [0.2, 0.25) is 0 Å². The standard InChI is InChI=1S/C43H66N5O2/c1-40(2,3)32-23-29(19-17-18-22-46(14)39(44(10)11)45(12)13)37-30(24-32)27-47-35-20-15-16-21-36(35)48-28-31-25-33(41(4,5)6)26-34(42(7,8)9)38(31)50-43(47,48)49-37/h23-28,35-36H,15-22H2,1-14H3/q+3. The van der Waals surface area contributed by atoms with Gasteiger partial charge in [0.1, 0.15) is 0 Å². The van der Waals surface area contributed by atoms with Gasteiger partial charge in [0.05, 0.1) is 52.9 Å². The fourth-order valence-electron chi connectivity index (χ4n) is 8.70. The number of hydrogen-bond donors (Lipinski definition) is 0. The molecule has 272 valence electrons. The van der Waals surface area contributed by atoms with Crippen molar-refractivity contribution in [2.75, 3.05) is 41.8 Å². The fraction of sp³-hybridized carbons (Fsp3) is 0.651. The molecule has 0 radical (unpaired) electrons. The van der Waals surface area contributed by atoms with Crippen molar-refractivity contribution in [3.05, 3.63) is 57.6 Å². The van der Waals surface area contributed by atoms with Gasteiger partial charge in [-0.05, 0) is 77.2 Å². The molecule has 0 bridgehead atoms. The maximum absolute atomic E-state index is 7.48. The lowest BCUT2D eigenvalue weighted by Crippen LogP contribution is -2.60. The number of aryl methyl sites for hydroxylation is 1. The summed E-state index contributed by atoms with van der Waals surface area (Å²) in [7, 11) is 10.7. The summed E-state index contributed by atoms with van der Waals surface area (Å²) >= 11 is 0. The summed E-state index contributed by atoms with van der Waals surface area (Å²) in [6.45, 7) is 21.8. The van der Waals surface area contributed by atoms with Crippen molar-refractivity contribution >= 4 is 18.4 Å². The van der Waals surface area contributed by atoms with Crippen LogP contribution in [0.15, 0.2) is 24.3 Å². The molecule has 0 aromatic heterocycles. The molecular weight excluding hydrogens is 619 g/mol. The predicted octanol–water partition coefficient (Wildman–Crippen LogP) is 7.31. The van der Waals surface area contributed by atoms with Crippen LogP contribution in [0.25, 0.3) is 0 Å². The molecule has 4 aliphatic rings. The first-order chi connectivity index (χ1) is 23.2. The minimum atomic E-state index is -1.04. The van der Waals surface area contributed by atoms with Gasteiger partial charge in [0, 0.05) is 18.4 Å². The van der Waals surface area contributed by atoms with Crippen molar-refractivity contribution in [3.8, 4) is 11.5 Å². The van der Waals surface area contributed by atoms with E-state index in [0.29, 0.717) is 12.1 Å². The SMILES string of the molecule is CN(C)C(N(C)CCCCc1cc(C(C)(C)C)cc2c1OC13Oc4c(cc(C(C)(C)C)cc4C(C)(C)C)C=[N+]1C1CCCCC1[N+]3=C2)=[N+](C)C. The normalized spacial score (nSPS) is 22.4. The number of unbranched alkanes of at least 4 members (excludes halogenated alkanes) is 1. The summed E-state index contributed by atoms with van der Waals surface area (Å²) in [6, 6.07) is 9.18. The van der Waals surface area contributed by atoms with Gasteiger partial charge in [0.15, 0.2) is 23.9 Å². The zero-order valence-electron chi connectivity index (χ0n) is 33.8. The molecular formula is C43H66N5O2+3. The van der Waals surface area contributed by atoms with Crippen molar-refractivity contribution in [1.82, 2.24) is 9.80 Å². The molecule has 1 spiro atoms. The van der Waals surface area contributed by atoms with Crippen molar-refractivity contribution in [2.24, 2.45) is 0 Å². The second-order valence-electron chi connectivity index (χ2n) is 19.0. The summed E-state index contributed by atoms with van der Waals surface area (Å²) in [5.41, 5.74) is 7.55. The van der Waals surface area contributed by atoms with Gasteiger partial charge in [-0.3, -0.25) is 14.4 Å². The fourth-order valence-corrected chi connectivity index (χ4v) is 8.70. The minimum absolute atomic E-state index is 0.0269. The van der Waals surface area contributed by atoms with E-state index in [9.17, 15) is 0 Å². The number of benzene rings is 2. The van der Waals surface area contributed by atoms with Crippen LogP contribution in [-0.2, 0) is 22.7 Å². The smallest absolute Gasteiger partial charge is 0.340 e. The molecule has 1 saturated carbocycles. The van der Waals surface area contributed by atoms with E-state index in [4.69, 9.17) is 9.47 Å². The number of rotatable bonds is 5. The molecule has 3 unspecified atom stereocenters. The Balaban J connectivity index is 1.44. The van der Waals surface area contributed by atoms with E-state index < -0.39 is 6.03 Å². The van der Waals surface area contributed by atoms with Crippen LogP contribution in [0.1, 0.15) is 134 Å². The van der Waals surface area contributed by atoms with Gasteiger partial charge in [-0.25, -0.2) is 0 Å². The number of ether oxygens (including phenoxy) is 2. The molecule has 7 heteroatoms. The average molecular weight is 685 g/mol. The highest BCUT2D eigenvalue weighted by atomic mass is 16.7. The second-order valence-corrected chi connectivity index (χ2v) is 19.0. The molecule has 2 aromatic rings. The monoisotopic (exact) mass is 685 g/mol. The molecule has 3 atom stereocenters. The van der Waals surface area contributed by atoms with Gasteiger partial charge in [0.25, 0.3) is 0 Å². The lowest BCUT2D eigenvalue weighted by Gasteiger charge is -2.33. The molecule has 3 heterocycles. The van der Waals surface area contributed by atoms with E-state index in [1.165, 1.54) is 52.2 Å². The van der Waals surface area contributed by atoms with Gasteiger partial charge in [0.2, 0.25) is 12.1 Å². The molecule has 6 rings (SSSR count). The Morgan fingerprint density at radius 2 is 1.26 bits per heavy atom. The number of fused-ring (bicyclic) bond motifs is 5. The van der Waals surface area contributed by atoms with Crippen LogP contribution >= 0.6 is 0 Å². The lowest BCUT2D eigenvalue weighted by atomic mass is 9.79. The summed E-state index contributed by atoms with van der Waals surface area (Å²) in [5.74, 6) is 3.17. The second kappa shape index (κ2) is 12.7. The van der Waals surface area contributed by atoms with E-state index >= 15 is 0 Å². The van der Waals surface area contributed by atoms with Gasteiger partial charge in [-0.15, -0.1) is 0 Å². The summed E-state index contributed by atoms with van der Waals surface area (Å²) in [4.78, 5) is 4.55. The third kappa shape index (κ3) is 6.47. The Labute approximate surface area is 303 Å². The molecule has 2 fully saturated rings. The third-order valence-electron chi connectivity index (χ3n) is 11.3. The predicted molar refractivity (Wildman–Crippen MR) is 206 cm³/mol. The Morgan fingerprint density at radius 3 is 1.76 bits per heavy atom. The zero-order chi connectivity index (χ0) is 36.6. The molecule has 7 nitrogen and oxygen atoms in total. The molecule has 3 aliphatic heterocycles. The van der Waals surface area contributed by atoms with Crippen molar-refractivity contribution in [2.45, 2.75) is 142 Å². The Morgan fingerprint density at radius 1 is 0.740 bits per heavy atom. The van der Waals surface area contributed by atoms with E-state index in [1.807, 2.05) is 0 Å². The highest BCUT2D eigenvalue weighted by Crippen LogP contribution is 2.49. The highest BCUT2D eigenvalue weighted by molar-refractivity contribution is 5.85. The van der Waals surface area contributed by atoms with E-state index in [1.54, 1.807) is 0 Å². The van der Waals surface area contributed by atoms with Crippen molar-refractivity contribution < 1.29 is 23.2 Å². The highest BCUT2D eigenvalue weighted by Gasteiger charge is 2.76. The summed E-state index contributed by atoms with van der Waals surface area (Å²) in [5, 5.41) is 0. The van der Waals surface area contributed by atoms with Crippen molar-refractivity contribution in [1.29, 1.82) is 0 Å². The van der Waals surface area contributed by atoms with Crippen LogP contribution in [0.3, 0.4) is 0 Å². The maximum atomic E-state index is 7.48. The number of guanidine groups is 1. The van der Waals surface area contributed by atoms with E-state index in [-0.39, 0.29) is 16.2 Å². The average Bonchev–Trinajstić information content (AvgIpc) is 3.27. The molecule has 2 aromatic carbocycles. The molecule has 50 heavy (non-hydrogen) atoms. The third-order valence-corrected chi connectivity index (χ3v) is 11.3. The van der Waals surface area contributed by atoms with Crippen molar-refractivity contribution in [3.63, 3.8) is 0 Å². The Hall–Kier alpha value is -3.35. The maximum Gasteiger partial charge on any atom is 0.704 e. The van der Waals surface area contributed by atoms with Crippen LogP contribution in [0, 0.1) is 0 Å². The van der Waals surface area contributed by atoms with E-state index in [2.05, 4.69) is 158 Å². The summed E-state index contributed by atoms with van der Waals surface area (Å²) < 4.78 is 22.1. The number of nitrogens with zero attached hydrogens (tertiary/aromatic N) is 5. The first-order valence-electron chi connectivity index (χ1n) is 19.2. The largest absolute Gasteiger partial charge is 0.704 e. The first kappa shape index (κ1) is 36.4. The Kier molecular flexibility index (Phi) is 9.26. The van der Waals surface area contributed by atoms with Gasteiger partial charge in [-0.1, -0.05) is 83.6 Å². The lowest BCUT2D eigenvalue weighted by molar-refractivity contribution is -0.866. The Bertz CT molecular complexity index is 1740. The topological polar surface area (TPSA) is 34.0 Å². The van der Waals surface area contributed by atoms with Crippen LogP contribution < -0.4 is 9.47 Å². The van der Waals surface area contributed by atoms with Crippen LogP contribution in [0.5, 0.6) is 11.5 Å². The molecule has 1 saturated heterocycles. The van der Waals surface area contributed by atoms with E-state index in [0.717, 1.165) is 50.1 Å². The molecule has 0 amide bonds. The first-order valence-corrected chi connectivity index (χ1v) is 19.2. The van der Waals surface area contributed by atoms with Gasteiger partial charge in [-0.2, -0.15) is 0 Å². The van der Waals surface area contributed by atoms with Gasteiger partial charge < -0.3 is 9.47 Å². The zero-order valence-corrected chi connectivity index (χ0v) is 33.8. The van der Waals surface area contributed by atoms with Gasteiger partial charge >= 0.3 is 12.0 Å². The quantitative estimate of drug-likeness (QED) is 0.143. The minimum Gasteiger partial charge on any atom is -0.340 e. The number of hydrogen-bond acceptors (Lipinski definition) is 2. The summed E-state index contributed by atoms with van der Waals surface area (Å²) in [6.07, 6.45) is 12.7. The molecule has 1 aliphatic carbocycles. The molecule has 0 N–H and O–H groups in total. The van der Waals surface area contributed by atoms with Crippen LogP contribution in [-0.4, -0.2) is 102 Å².